The number of carbonyl (C=O) groups is 3. The molecule has 0 aliphatic carbocycles. The summed E-state index contributed by atoms with van der Waals surface area (Å²) >= 11 is 10.5. The fraction of sp³-hybridized carbons (Fsp3) is 0.188. The summed E-state index contributed by atoms with van der Waals surface area (Å²) in [6.45, 7) is 0. The zero-order chi connectivity index (χ0) is 18.6. The second-order valence-electron chi connectivity index (χ2n) is 4.97. The topological polar surface area (TPSA) is 98.5 Å². The molecule has 2 aromatic rings. The number of halogens is 2. The van der Waals surface area contributed by atoms with E-state index >= 15 is 0 Å². The number of hydrogen-bond acceptors (Lipinski definition) is 5. The maximum Gasteiger partial charge on any atom is 0.252 e. The van der Waals surface area contributed by atoms with Gasteiger partial charge in [0.05, 0.1) is 27.0 Å². The van der Waals surface area contributed by atoms with Crippen molar-refractivity contribution < 1.29 is 19.1 Å². The van der Waals surface area contributed by atoms with Gasteiger partial charge in [-0.15, -0.1) is 11.3 Å². The molecule has 0 saturated heterocycles. The lowest BCUT2D eigenvalue weighted by Gasteiger charge is -2.13. The number of benzene rings is 1. The molecule has 132 valence electrons. The highest BCUT2D eigenvalue weighted by Gasteiger charge is 2.18. The van der Waals surface area contributed by atoms with Gasteiger partial charge in [-0.1, -0.05) is 11.6 Å². The Labute approximate surface area is 161 Å². The zero-order valence-electron chi connectivity index (χ0n) is 13.1. The van der Waals surface area contributed by atoms with Crippen LogP contribution in [0.4, 0.5) is 5.69 Å². The van der Waals surface area contributed by atoms with Crippen LogP contribution in [0.2, 0.25) is 5.02 Å². The predicted molar refractivity (Wildman–Crippen MR) is 101 cm³/mol. The van der Waals surface area contributed by atoms with Gasteiger partial charge in [-0.2, -0.15) is 0 Å². The van der Waals surface area contributed by atoms with Crippen molar-refractivity contribution in [2.75, 3.05) is 12.4 Å². The summed E-state index contributed by atoms with van der Waals surface area (Å²) in [5.74, 6) is -1.13. The lowest BCUT2D eigenvalue weighted by molar-refractivity contribution is -0.116. The summed E-state index contributed by atoms with van der Waals surface area (Å²) in [6, 6.07) is 6.29. The van der Waals surface area contributed by atoms with Crippen LogP contribution in [0.15, 0.2) is 28.1 Å². The molecule has 2 amide bonds. The molecule has 0 atom stereocenters. The SMILES string of the molecule is COc1c(NC(=O)CCC(=O)c2ccc(Br)s2)cc(Cl)cc1C(N)=O. The number of hydrogen-bond donors (Lipinski definition) is 2. The average Bonchev–Trinajstić information content (AvgIpc) is 2.98. The minimum Gasteiger partial charge on any atom is -0.494 e. The Morgan fingerprint density at radius 2 is 2.00 bits per heavy atom. The molecule has 25 heavy (non-hydrogen) atoms. The van der Waals surface area contributed by atoms with E-state index in [2.05, 4.69) is 21.2 Å². The molecule has 0 unspecified atom stereocenters. The van der Waals surface area contributed by atoms with Crippen LogP contribution >= 0.6 is 38.9 Å². The summed E-state index contributed by atoms with van der Waals surface area (Å²) in [5, 5.41) is 2.82. The molecule has 0 saturated carbocycles. The first kappa shape index (κ1) is 19.4. The van der Waals surface area contributed by atoms with Gasteiger partial charge in [0.1, 0.15) is 0 Å². The first-order valence-electron chi connectivity index (χ1n) is 7.07. The van der Waals surface area contributed by atoms with Crippen LogP contribution in [0.1, 0.15) is 32.9 Å². The third-order valence-corrected chi connectivity index (χ3v) is 5.11. The van der Waals surface area contributed by atoms with Crippen LogP contribution in [0.5, 0.6) is 5.75 Å². The summed E-state index contributed by atoms with van der Waals surface area (Å²) in [6.07, 6.45) is 0.0419. The van der Waals surface area contributed by atoms with Crippen LogP contribution in [-0.4, -0.2) is 24.7 Å². The molecule has 0 spiro atoms. The number of carbonyl (C=O) groups excluding carboxylic acids is 3. The van der Waals surface area contributed by atoms with E-state index in [-0.39, 0.29) is 40.6 Å². The number of amides is 2. The highest BCUT2D eigenvalue weighted by Crippen LogP contribution is 2.32. The zero-order valence-corrected chi connectivity index (χ0v) is 16.3. The smallest absolute Gasteiger partial charge is 0.252 e. The maximum absolute atomic E-state index is 12.1. The number of primary amides is 1. The van der Waals surface area contributed by atoms with Gasteiger partial charge in [-0.25, -0.2) is 0 Å². The minimum absolute atomic E-state index is 0.0179. The van der Waals surface area contributed by atoms with Gasteiger partial charge in [0.15, 0.2) is 11.5 Å². The van der Waals surface area contributed by atoms with Crippen LogP contribution < -0.4 is 15.8 Å². The van der Waals surface area contributed by atoms with E-state index in [1.54, 1.807) is 12.1 Å². The Balaban J connectivity index is 2.07. The second kappa shape index (κ2) is 8.46. The molecule has 1 aromatic heterocycles. The largest absolute Gasteiger partial charge is 0.494 e. The fourth-order valence-corrected chi connectivity index (χ4v) is 3.69. The van der Waals surface area contributed by atoms with E-state index in [4.69, 9.17) is 22.1 Å². The minimum atomic E-state index is -0.728. The first-order valence-corrected chi connectivity index (χ1v) is 9.06. The molecule has 0 fully saturated rings. The van der Waals surface area contributed by atoms with Crippen molar-refractivity contribution in [3.63, 3.8) is 0 Å². The average molecular weight is 446 g/mol. The third kappa shape index (κ3) is 5.04. The number of rotatable bonds is 7. The van der Waals surface area contributed by atoms with Crippen LogP contribution in [0.3, 0.4) is 0 Å². The van der Waals surface area contributed by atoms with Gasteiger partial charge in [0, 0.05) is 17.9 Å². The van der Waals surface area contributed by atoms with E-state index in [1.165, 1.54) is 30.6 Å². The standard InChI is InChI=1S/C16H14BrClN2O4S/c1-24-15-9(16(19)23)6-8(18)7-10(15)20-14(22)5-2-11(21)12-3-4-13(17)25-12/h3-4,6-7H,2,5H2,1H3,(H2,19,23)(H,20,22). The first-order chi connectivity index (χ1) is 11.8. The predicted octanol–water partition coefficient (Wildman–Crippen LogP) is 3.87. The molecule has 0 radical (unpaired) electrons. The van der Waals surface area contributed by atoms with Crippen molar-refractivity contribution in [2.24, 2.45) is 5.73 Å². The molecular formula is C16H14BrClN2O4S. The molecule has 0 aliphatic heterocycles. The normalized spacial score (nSPS) is 10.4. The third-order valence-electron chi connectivity index (χ3n) is 3.22. The molecule has 0 aliphatic rings. The Hall–Kier alpha value is -1.90. The summed E-state index contributed by atoms with van der Waals surface area (Å²) in [4.78, 5) is 36.2. The highest BCUT2D eigenvalue weighted by atomic mass is 79.9. The van der Waals surface area contributed by atoms with Gasteiger partial charge in [0.2, 0.25) is 5.91 Å². The molecule has 9 heteroatoms. The summed E-state index contributed by atoms with van der Waals surface area (Å²) < 4.78 is 6.00. The Kier molecular flexibility index (Phi) is 6.57. The van der Waals surface area contributed by atoms with Gasteiger partial charge in [0.25, 0.3) is 5.91 Å². The van der Waals surface area contributed by atoms with Crippen LogP contribution in [-0.2, 0) is 4.79 Å². The number of Topliss-reactive ketones (excluding diaryl/α,β-unsaturated/α-hetero) is 1. The highest BCUT2D eigenvalue weighted by molar-refractivity contribution is 9.11. The lowest BCUT2D eigenvalue weighted by Crippen LogP contribution is -2.17. The van der Waals surface area contributed by atoms with Crippen molar-refractivity contribution in [1.82, 2.24) is 0 Å². The summed E-state index contributed by atoms with van der Waals surface area (Å²) in [7, 11) is 1.35. The van der Waals surface area contributed by atoms with Crippen LogP contribution in [0, 0.1) is 0 Å². The van der Waals surface area contributed by atoms with E-state index < -0.39 is 11.8 Å². The lowest BCUT2D eigenvalue weighted by atomic mass is 10.1. The number of anilines is 1. The molecule has 6 nitrogen and oxygen atoms in total. The second-order valence-corrected chi connectivity index (χ2v) is 7.87. The summed E-state index contributed by atoms with van der Waals surface area (Å²) in [5.41, 5.74) is 5.57. The van der Waals surface area contributed by atoms with Gasteiger partial charge in [-0.05, 0) is 40.2 Å². The molecule has 2 rings (SSSR count). The number of nitrogens with two attached hydrogens (primary N) is 1. The molecule has 3 N–H and O–H groups in total. The van der Waals surface area contributed by atoms with Gasteiger partial charge < -0.3 is 15.8 Å². The number of ether oxygens (including phenoxy) is 1. The molecule has 1 aromatic carbocycles. The molecular weight excluding hydrogens is 432 g/mol. The van der Waals surface area contributed by atoms with Crippen molar-refractivity contribution in [2.45, 2.75) is 12.8 Å². The van der Waals surface area contributed by atoms with Crippen molar-refractivity contribution in [3.8, 4) is 5.75 Å². The van der Waals surface area contributed by atoms with Crippen LogP contribution in [0.25, 0.3) is 0 Å². The van der Waals surface area contributed by atoms with Gasteiger partial charge in [-0.3, -0.25) is 14.4 Å². The number of thiophene rings is 1. The fourth-order valence-electron chi connectivity index (χ4n) is 2.12. The molecule has 1 heterocycles. The molecule has 0 bridgehead atoms. The van der Waals surface area contributed by atoms with Crippen molar-refractivity contribution in [3.05, 3.63) is 43.5 Å². The maximum atomic E-state index is 12.1. The van der Waals surface area contributed by atoms with E-state index in [0.717, 1.165) is 3.79 Å². The van der Waals surface area contributed by atoms with E-state index in [0.29, 0.717) is 4.88 Å². The monoisotopic (exact) mass is 444 g/mol. The van der Waals surface area contributed by atoms with E-state index in [1.807, 2.05) is 0 Å². The van der Waals surface area contributed by atoms with E-state index in [9.17, 15) is 14.4 Å². The number of ketones is 1. The Bertz CT molecular complexity index is 838. The number of nitrogens with one attached hydrogen (secondary N) is 1. The quantitative estimate of drug-likeness (QED) is 0.632. The van der Waals surface area contributed by atoms with Crippen molar-refractivity contribution >= 4 is 62.2 Å². The number of methoxy groups -OCH3 is 1. The van der Waals surface area contributed by atoms with Gasteiger partial charge >= 0.3 is 0 Å². The Morgan fingerprint density at radius 1 is 1.28 bits per heavy atom. The Morgan fingerprint density at radius 3 is 2.56 bits per heavy atom. The van der Waals surface area contributed by atoms with Crippen molar-refractivity contribution in [1.29, 1.82) is 0 Å².